The number of benzene rings is 1. The number of hydrogen-bond donors (Lipinski definition) is 2. The molecule has 0 fully saturated rings. The highest BCUT2D eigenvalue weighted by molar-refractivity contribution is 5.82. The van der Waals surface area contributed by atoms with E-state index in [1.807, 2.05) is 18.7 Å². The molecule has 1 unspecified atom stereocenters. The second-order valence-electron chi connectivity index (χ2n) is 4.50. The van der Waals surface area contributed by atoms with Crippen molar-refractivity contribution < 1.29 is 14.0 Å². The van der Waals surface area contributed by atoms with Crippen molar-refractivity contribution in [3.8, 4) is 0 Å². The molecule has 0 aliphatic heterocycles. The summed E-state index contributed by atoms with van der Waals surface area (Å²) in [5, 5.41) is 11.6. The second-order valence-corrected chi connectivity index (χ2v) is 4.50. The van der Waals surface area contributed by atoms with Crippen LogP contribution in [0.2, 0.25) is 0 Å². The van der Waals surface area contributed by atoms with Gasteiger partial charge in [-0.15, -0.1) is 0 Å². The molecule has 0 aromatic heterocycles. The first-order valence-electron chi connectivity index (χ1n) is 6.11. The van der Waals surface area contributed by atoms with E-state index < -0.39 is 11.6 Å². The van der Waals surface area contributed by atoms with Crippen LogP contribution in [0.25, 0.3) is 0 Å². The molecule has 1 rings (SSSR count). The molecule has 106 valence electrons. The molecule has 0 saturated heterocycles. The fraction of sp³-hybridized carbons (Fsp3) is 0.462. The van der Waals surface area contributed by atoms with Crippen molar-refractivity contribution in [1.29, 1.82) is 0 Å². The van der Waals surface area contributed by atoms with Crippen LogP contribution < -0.4 is 5.73 Å². The van der Waals surface area contributed by atoms with Crippen LogP contribution in [0.4, 0.5) is 8.78 Å². The van der Waals surface area contributed by atoms with Gasteiger partial charge in [0.1, 0.15) is 5.84 Å². The summed E-state index contributed by atoms with van der Waals surface area (Å²) in [6.07, 6.45) is 0. The summed E-state index contributed by atoms with van der Waals surface area (Å²) in [6, 6.07) is 3.85. The predicted octanol–water partition coefficient (Wildman–Crippen LogP) is 2.17. The van der Waals surface area contributed by atoms with Crippen LogP contribution in [-0.2, 0) is 6.54 Å². The Balaban J connectivity index is 2.68. The monoisotopic (exact) mass is 271 g/mol. The highest BCUT2D eigenvalue weighted by atomic mass is 19.2. The van der Waals surface area contributed by atoms with Crippen molar-refractivity contribution in [1.82, 2.24) is 4.90 Å². The lowest BCUT2D eigenvalue weighted by Crippen LogP contribution is -2.34. The number of nitrogens with two attached hydrogens (primary N) is 1. The molecule has 4 nitrogen and oxygen atoms in total. The summed E-state index contributed by atoms with van der Waals surface area (Å²) in [6.45, 7) is 5.58. The maximum atomic E-state index is 13.1. The normalized spacial score (nSPS) is 13.8. The minimum atomic E-state index is -0.850. The summed E-state index contributed by atoms with van der Waals surface area (Å²) in [5.74, 6) is -1.66. The average Bonchev–Trinajstić information content (AvgIpc) is 2.40. The molecule has 0 saturated carbocycles. The van der Waals surface area contributed by atoms with Crippen molar-refractivity contribution in [2.45, 2.75) is 20.4 Å². The topological polar surface area (TPSA) is 61.8 Å². The van der Waals surface area contributed by atoms with E-state index in [1.54, 1.807) is 6.07 Å². The minimum absolute atomic E-state index is 0.116. The van der Waals surface area contributed by atoms with Crippen molar-refractivity contribution >= 4 is 5.84 Å². The van der Waals surface area contributed by atoms with Crippen LogP contribution in [0.15, 0.2) is 23.4 Å². The number of oxime groups is 1. The summed E-state index contributed by atoms with van der Waals surface area (Å²) in [5.41, 5.74) is 6.21. The van der Waals surface area contributed by atoms with Crippen LogP contribution in [0.1, 0.15) is 19.4 Å². The molecule has 6 heteroatoms. The van der Waals surface area contributed by atoms with E-state index in [0.29, 0.717) is 18.7 Å². The smallest absolute Gasteiger partial charge is 0.159 e. The number of rotatable bonds is 6. The molecule has 0 amide bonds. The molecule has 1 atom stereocenters. The van der Waals surface area contributed by atoms with Gasteiger partial charge in [-0.1, -0.05) is 25.1 Å². The Morgan fingerprint density at radius 1 is 1.42 bits per heavy atom. The van der Waals surface area contributed by atoms with Gasteiger partial charge in [0, 0.05) is 19.0 Å². The molecular formula is C13H19F2N3O. The summed E-state index contributed by atoms with van der Waals surface area (Å²) in [7, 11) is 0. The van der Waals surface area contributed by atoms with Crippen molar-refractivity contribution in [2.24, 2.45) is 16.8 Å². The first-order chi connectivity index (χ1) is 8.97. The van der Waals surface area contributed by atoms with Crippen LogP contribution in [-0.4, -0.2) is 29.0 Å². The third-order valence-corrected chi connectivity index (χ3v) is 2.99. The summed E-state index contributed by atoms with van der Waals surface area (Å²) >= 11 is 0. The van der Waals surface area contributed by atoms with E-state index in [-0.39, 0.29) is 11.8 Å². The molecular weight excluding hydrogens is 252 g/mol. The molecule has 0 spiro atoms. The molecule has 0 radical (unpaired) electrons. The van der Waals surface area contributed by atoms with Gasteiger partial charge in [-0.05, 0) is 24.2 Å². The lowest BCUT2D eigenvalue weighted by Gasteiger charge is -2.23. The zero-order chi connectivity index (χ0) is 14.4. The molecule has 0 heterocycles. The van der Waals surface area contributed by atoms with E-state index in [4.69, 9.17) is 10.9 Å². The number of halogens is 2. The molecule has 0 aliphatic rings. The van der Waals surface area contributed by atoms with Crippen molar-refractivity contribution in [3.05, 3.63) is 35.4 Å². The van der Waals surface area contributed by atoms with Crippen LogP contribution in [0, 0.1) is 17.6 Å². The maximum absolute atomic E-state index is 13.1. The number of amidine groups is 1. The summed E-state index contributed by atoms with van der Waals surface area (Å²) in [4.78, 5) is 2.01. The maximum Gasteiger partial charge on any atom is 0.159 e. The molecule has 3 N–H and O–H groups in total. The van der Waals surface area contributed by atoms with Gasteiger partial charge in [0.2, 0.25) is 0 Å². The highest BCUT2D eigenvalue weighted by Gasteiger charge is 2.13. The van der Waals surface area contributed by atoms with Crippen LogP contribution in [0.5, 0.6) is 0 Å². The van der Waals surface area contributed by atoms with Gasteiger partial charge in [-0.25, -0.2) is 8.78 Å². The Hall–Kier alpha value is -1.69. The van der Waals surface area contributed by atoms with E-state index in [9.17, 15) is 8.78 Å². The Labute approximate surface area is 111 Å². The Morgan fingerprint density at radius 2 is 2.11 bits per heavy atom. The van der Waals surface area contributed by atoms with Crippen LogP contribution in [0.3, 0.4) is 0 Å². The zero-order valence-electron chi connectivity index (χ0n) is 11.1. The molecule has 0 bridgehead atoms. The van der Waals surface area contributed by atoms with E-state index in [1.165, 1.54) is 6.07 Å². The Kier molecular flexibility index (Phi) is 5.69. The fourth-order valence-electron chi connectivity index (χ4n) is 1.78. The van der Waals surface area contributed by atoms with E-state index in [0.717, 1.165) is 12.6 Å². The quantitative estimate of drug-likeness (QED) is 0.361. The first-order valence-corrected chi connectivity index (χ1v) is 6.11. The van der Waals surface area contributed by atoms with Gasteiger partial charge in [0.25, 0.3) is 0 Å². The second kappa shape index (κ2) is 7.04. The lowest BCUT2D eigenvalue weighted by molar-refractivity contribution is 0.257. The van der Waals surface area contributed by atoms with Gasteiger partial charge < -0.3 is 10.9 Å². The fourth-order valence-corrected chi connectivity index (χ4v) is 1.78. The average molecular weight is 271 g/mol. The standard InChI is InChI=1S/C13H19F2N3O/c1-3-18(7-9(2)13(16)17-19)8-10-4-5-11(14)12(15)6-10/h4-6,9,19H,3,7-8H2,1-2H3,(H2,16,17). The SMILES string of the molecule is CCN(Cc1ccc(F)c(F)c1)CC(C)/C(N)=N/O. The van der Waals surface area contributed by atoms with E-state index in [2.05, 4.69) is 5.16 Å². The van der Waals surface area contributed by atoms with Gasteiger partial charge in [-0.2, -0.15) is 0 Å². The molecule has 1 aromatic rings. The van der Waals surface area contributed by atoms with Crippen molar-refractivity contribution in [2.75, 3.05) is 13.1 Å². The van der Waals surface area contributed by atoms with Crippen molar-refractivity contribution in [3.63, 3.8) is 0 Å². The molecule has 0 aliphatic carbocycles. The Bertz CT molecular complexity index is 452. The third kappa shape index (κ3) is 4.48. The number of nitrogens with zero attached hydrogens (tertiary/aromatic N) is 2. The van der Waals surface area contributed by atoms with Crippen LogP contribution >= 0.6 is 0 Å². The predicted molar refractivity (Wildman–Crippen MR) is 69.9 cm³/mol. The highest BCUT2D eigenvalue weighted by Crippen LogP contribution is 2.12. The number of hydrogen-bond acceptors (Lipinski definition) is 3. The minimum Gasteiger partial charge on any atom is -0.409 e. The first kappa shape index (κ1) is 15.4. The zero-order valence-corrected chi connectivity index (χ0v) is 11.1. The third-order valence-electron chi connectivity index (χ3n) is 2.99. The summed E-state index contributed by atoms with van der Waals surface area (Å²) < 4.78 is 25.9. The van der Waals surface area contributed by atoms with Gasteiger partial charge in [0.05, 0.1) is 0 Å². The lowest BCUT2D eigenvalue weighted by atomic mass is 10.1. The van der Waals surface area contributed by atoms with Gasteiger partial charge in [-0.3, -0.25) is 4.90 Å². The largest absolute Gasteiger partial charge is 0.409 e. The molecule has 19 heavy (non-hydrogen) atoms. The van der Waals surface area contributed by atoms with E-state index >= 15 is 0 Å². The Morgan fingerprint density at radius 3 is 2.63 bits per heavy atom. The van der Waals surface area contributed by atoms with Gasteiger partial charge >= 0.3 is 0 Å². The van der Waals surface area contributed by atoms with Gasteiger partial charge in [0.15, 0.2) is 11.6 Å². The molecule has 1 aromatic carbocycles.